The van der Waals surface area contributed by atoms with Gasteiger partial charge in [-0.05, 0) is 52.2 Å². The van der Waals surface area contributed by atoms with Gasteiger partial charge in [-0.15, -0.1) is 0 Å². The Hall–Kier alpha value is -2.76. The normalized spacial score (nSPS) is 15.7. The molecule has 1 amide bonds. The first-order valence-corrected chi connectivity index (χ1v) is 13.0. The molecule has 0 radical (unpaired) electrons. The summed E-state index contributed by atoms with van der Waals surface area (Å²) in [6.45, 7) is 7.66. The molecule has 2 aromatic heterocycles. The molecule has 0 aliphatic carbocycles. The van der Waals surface area contributed by atoms with Crippen LogP contribution in [0.2, 0.25) is 0 Å². The topological polar surface area (TPSA) is 120 Å². The van der Waals surface area contributed by atoms with Gasteiger partial charge >= 0.3 is 0 Å². The fourth-order valence-corrected chi connectivity index (χ4v) is 6.17. The highest BCUT2D eigenvalue weighted by Gasteiger charge is 2.35. The number of aryl methyl sites for hydroxylation is 3. The third kappa shape index (κ3) is 4.86. The second kappa shape index (κ2) is 10.2. The molecule has 0 unspecified atom stereocenters. The van der Waals surface area contributed by atoms with Crippen LogP contribution in [-0.4, -0.2) is 59.6 Å². The Kier molecular flexibility index (Phi) is 7.34. The van der Waals surface area contributed by atoms with Crippen molar-refractivity contribution in [2.75, 3.05) is 31.6 Å². The second-order valence-corrected chi connectivity index (χ2v) is 10.3. The number of piperidine rings is 1. The van der Waals surface area contributed by atoms with E-state index in [1.54, 1.807) is 13.8 Å². The van der Waals surface area contributed by atoms with E-state index in [0.29, 0.717) is 44.2 Å². The Morgan fingerprint density at radius 2 is 1.97 bits per heavy atom. The minimum absolute atomic E-state index is 0.121. The highest BCUT2D eigenvalue weighted by atomic mass is 32.2. The number of sulfonamides is 1. The molecule has 0 atom stereocenters. The van der Waals surface area contributed by atoms with Gasteiger partial charge in [0.1, 0.15) is 10.6 Å². The average molecular weight is 490 g/mol. The number of aromatic nitrogens is 3. The Balaban J connectivity index is 1.43. The number of imidazole rings is 1. The van der Waals surface area contributed by atoms with Gasteiger partial charge in [0.15, 0.2) is 5.76 Å². The van der Waals surface area contributed by atoms with Gasteiger partial charge in [0, 0.05) is 38.8 Å². The molecule has 11 heteroatoms. The lowest BCUT2D eigenvalue weighted by atomic mass is 9.97. The van der Waals surface area contributed by atoms with Gasteiger partial charge in [0.2, 0.25) is 21.9 Å². The molecule has 0 spiro atoms. The number of anilines is 1. The van der Waals surface area contributed by atoms with E-state index >= 15 is 0 Å². The van der Waals surface area contributed by atoms with Crippen LogP contribution >= 0.6 is 0 Å². The summed E-state index contributed by atoms with van der Waals surface area (Å²) >= 11 is 0. The van der Waals surface area contributed by atoms with E-state index in [1.165, 1.54) is 4.31 Å². The molecular weight excluding hydrogens is 458 g/mol. The van der Waals surface area contributed by atoms with Gasteiger partial charge in [-0.3, -0.25) is 10.1 Å². The van der Waals surface area contributed by atoms with Crippen molar-refractivity contribution in [2.45, 2.75) is 51.5 Å². The Labute approximate surface area is 199 Å². The molecule has 184 valence electrons. The van der Waals surface area contributed by atoms with Crippen molar-refractivity contribution in [1.82, 2.24) is 19.0 Å². The SMILES string of the molecule is CCOCCCn1c(NC(=O)C2CCN(S(=O)(=O)c3c(C)noc3C)CC2)nc2ccccc21. The molecule has 0 bridgehead atoms. The van der Waals surface area contributed by atoms with Crippen molar-refractivity contribution in [2.24, 2.45) is 5.92 Å². The summed E-state index contributed by atoms with van der Waals surface area (Å²) in [4.78, 5) is 17.8. The lowest BCUT2D eigenvalue weighted by Gasteiger charge is -2.30. The van der Waals surface area contributed by atoms with Crippen LogP contribution in [0.5, 0.6) is 0 Å². The number of carbonyl (C=O) groups excluding carboxylic acids is 1. The van der Waals surface area contributed by atoms with Crippen LogP contribution < -0.4 is 5.32 Å². The van der Waals surface area contributed by atoms with E-state index in [1.807, 2.05) is 35.8 Å². The smallest absolute Gasteiger partial charge is 0.248 e. The molecule has 1 fully saturated rings. The standard InChI is InChI=1S/C23H31N5O5S/c1-4-32-15-7-12-28-20-9-6-5-8-19(20)24-23(28)25-22(29)18-10-13-27(14-11-18)34(30,31)21-16(2)26-33-17(21)3/h5-6,8-9,18H,4,7,10-15H2,1-3H3,(H,24,25,29). The summed E-state index contributed by atoms with van der Waals surface area (Å²) < 4.78 is 40.0. The number of rotatable bonds is 9. The molecule has 4 rings (SSSR count). The Morgan fingerprint density at radius 3 is 2.65 bits per heavy atom. The number of fused-ring (bicyclic) bond motifs is 1. The molecule has 10 nitrogen and oxygen atoms in total. The number of nitrogens with one attached hydrogen (secondary N) is 1. The number of hydrogen-bond donors (Lipinski definition) is 1. The number of nitrogens with zero attached hydrogens (tertiary/aromatic N) is 4. The van der Waals surface area contributed by atoms with Crippen LogP contribution in [0, 0.1) is 19.8 Å². The summed E-state index contributed by atoms with van der Waals surface area (Å²) in [5, 5.41) is 6.75. The molecule has 1 N–H and O–H groups in total. The highest BCUT2D eigenvalue weighted by molar-refractivity contribution is 7.89. The van der Waals surface area contributed by atoms with E-state index in [-0.39, 0.29) is 35.6 Å². The van der Waals surface area contributed by atoms with Crippen molar-refractivity contribution in [1.29, 1.82) is 0 Å². The lowest BCUT2D eigenvalue weighted by Crippen LogP contribution is -2.41. The molecule has 3 heterocycles. The molecule has 0 saturated carbocycles. The maximum atomic E-state index is 13.1. The molecular formula is C23H31N5O5S. The highest BCUT2D eigenvalue weighted by Crippen LogP contribution is 2.28. The Morgan fingerprint density at radius 1 is 1.24 bits per heavy atom. The minimum Gasteiger partial charge on any atom is -0.382 e. The fourth-order valence-electron chi connectivity index (χ4n) is 4.41. The number of hydrogen-bond acceptors (Lipinski definition) is 7. The van der Waals surface area contributed by atoms with E-state index in [9.17, 15) is 13.2 Å². The first-order chi connectivity index (χ1) is 16.3. The van der Waals surface area contributed by atoms with Crippen molar-refractivity contribution >= 4 is 32.9 Å². The van der Waals surface area contributed by atoms with Gasteiger partial charge in [0.25, 0.3) is 0 Å². The maximum absolute atomic E-state index is 13.1. The van der Waals surface area contributed by atoms with Crippen molar-refractivity contribution in [3.63, 3.8) is 0 Å². The molecule has 34 heavy (non-hydrogen) atoms. The van der Waals surface area contributed by atoms with Gasteiger partial charge in [-0.1, -0.05) is 17.3 Å². The van der Waals surface area contributed by atoms with Crippen molar-refractivity contribution in [3.8, 4) is 0 Å². The molecule has 3 aromatic rings. The largest absolute Gasteiger partial charge is 0.382 e. The maximum Gasteiger partial charge on any atom is 0.248 e. The van der Waals surface area contributed by atoms with Crippen LogP contribution in [0.15, 0.2) is 33.7 Å². The van der Waals surface area contributed by atoms with E-state index < -0.39 is 10.0 Å². The lowest BCUT2D eigenvalue weighted by molar-refractivity contribution is -0.121. The van der Waals surface area contributed by atoms with Gasteiger partial charge in [-0.2, -0.15) is 4.31 Å². The average Bonchev–Trinajstić information content (AvgIpc) is 3.35. The van der Waals surface area contributed by atoms with Gasteiger partial charge in [-0.25, -0.2) is 13.4 Å². The molecule has 1 aromatic carbocycles. The van der Waals surface area contributed by atoms with Crippen LogP contribution in [-0.2, 0) is 26.1 Å². The predicted octanol–water partition coefficient (Wildman–Crippen LogP) is 3.11. The fraction of sp³-hybridized carbons (Fsp3) is 0.522. The Bertz CT molecular complexity index is 1240. The zero-order valence-electron chi connectivity index (χ0n) is 19.8. The molecule has 1 aliphatic heterocycles. The summed E-state index contributed by atoms with van der Waals surface area (Å²) in [6, 6.07) is 7.77. The predicted molar refractivity (Wildman–Crippen MR) is 127 cm³/mol. The monoisotopic (exact) mass is 489 g/mol. The van der Waals surface area contributed by atoms with E-state index in [0.717, 1.165) is 17.5 Å². The summed E-state index contributed by atoms with van der Waals surface area (Å²) in [7, 11) is -3.71. The van der Waals surface area contributed by atoms with Crippen LogP contribution in [0.25, 0.3) is 11.0 Å². The first kappa shape index (κ1) is 24.4. The van der Waals surface area contributed by atoms with Crippen molar-refractivity contribution in [3.05, 3.63) is 35.7 Å². The molecule has 1 saturated heterocycles. The quantitative estimate of drug-likeness (QED) is 0.459. The van der Waals surface area contributed by atoms with Crippen LogP contribution in [0.4, 0.5) is 5.95 Å². The van der Waals surface area contributed by atoms with Gasteiger partial charge in [0.05, 0.1) is 11.0 Å². The second-order valence-electron chi connectivity index (χ2n) is 8.45. The summed E-state index contributed by atoms with van der Waals surface area (Å²) in [6.07, 6.45) is 1.66. The number of benzene rings is 1. The third-order valence-electron chi connectivity index (χ3n) is 6.15. The number of amides is 1. The molecule has 1 aliphatic rings. The van der Waals surface area contributed by atoms with Crippen LogP contribution in [0.3, 0.4) is 0 Å². The third-order valence-corrected chi connectivity index (χ3v) is 8.30. The van der Waals surface area contributed by atoms with Gasteiger partial charge < -0.3 is 13.8 Å². The van der Waals surface area contributed by atoms with E-state index in [4.69, 9.17) is 9.26 Å². The zero-order valence-corrected chi connectivity index (χ0v) is 20.6. The van der Waals surface area contributed by atoms with Crippen LogP contribution in [0.1, 0.15) is 37.6 Å². The summed E-state index contributed by atoms with van der Waals surface area (Å²) in [5.41, 5.74) is 2.12. The van der Waals surface area contributed by atoms with Crippen molar-refractivity contribution < 1.29 is 22.5 Å². The number of ether oxygens (including phenoxy) is 1. The minimum atomic E-state index is -3.71. The zero-order chi connectivity index (χ0) is 24.3. The van der Waals surface area contributed by atoms with E-state index in [2.05, 4.69) is 15.5 Å². The number of para-hydroxylation sites is 2. The summed E-state index contributed by atoms with van der Waals surface area (Å²) in [5.74, 6) is 0.345. The number of carbonyl (C=O) groups is 1. The first-order valence-electron chi connectivity index (χ1n) is 11.6.